The van der Waals surface area contributed by atoms with E-state index in [9.17, 15) is 14.4 Å². The molecule has 0 aliphatic heterocycles. The number of nitrogens with one attached hydrogen (secondary N) is 3. The molecule has 104 valence electrons. The molecule has 2 aromatic rings. The van der Waals surface area contributed by atoms with Gasteiger partial charge in [0.1, 0.15) is 5.01 Å². The Bertz CT molecular complexity index is 673. The third kappa shape index (κ3) is 3.72. The number of nitrogens with zero attached hydrogens (tertiary/aromatic N) is 2. The summed E-state index contributed by atoms with van der Waals surface area (Å²) < 4.78 is 0. The van der Waals surface area contributed by atoms with Crippen molar-refractivity contribution >= 4 is 28.3 Å². The van der Waals surface area contributed by atoms with Crippen LogP contribution in [0.4, 0.5) is 5.13 Å². The maximum atomic E-state index is 11.7. The Labute approximate surface area is 117 Å². The van der Waals surface area contributed by atoms with Gasteiger partial charge in [0.2, 0.25) is 16.6 Å². The van der Waals surface area contributed by atoms with Gasteiger partial charge >= 0.3 is 0 Å². The van der Waals surface area contributed by atoms with Crippen molar-refractivity contribution < 1.29 is 9.59 Å². The van der Waals surface area contributed by atoms with Gasteiger partial charge in [-0.2, -0.15) is 0 Å². The molecule has 2 amide bonds. The van der Waals surface area contributed by atoms with Gasteiger partial charge in [-0.1, -0.05) is 11.3 Å². The predicted molar refractivity (Wildman–Crippen MR) is 72.7 cm³/mol. The molecular weight excluding hydrogens is 282 g/mol. The van der Waals surface area contributed by atoms with E-state index in [-0.39, 0.29) is 17.7 Å². The molecule has 2 aromatic heterocycles. The molecule has 20 heavy (non-hydrogen) atoms. The number of rotatable bonds is 4. The zero-order chi connectivity index (χ0) is 14.5. The van der Waals surface area contributed by atoms with E-state index in [4.69, 9.17) is 0 Å². The van der Waals surface area contributed by atoms with E-state index < -0.39 is 11.8 Å². The molecule has 0 aliphatic rings. The standard InChI is InChI=1S/C11H11N5O3S/c1-6-15-16-11(20-6)14-9(18)5-13-10(19)7-2-3-8(17)12-4-7/h2-4H,5H2,1H3,(H,12,17)(H,13,19)(H,14,16,18). The van der Waals surface area contributed by atoms with Crippen molar-refractivity contribution in [2.45, 2.75) is 6.92 Å². The van der Waals surface area contributed by atoms with Crippen molar-refractivity contribution in [1.29, 1.82) is 0 Å². The van der Waals surface area contributed by atoms with Gasteiger partial charge < -0.3 is 10.3 Å². The fourth-order valence-electron chi connectivity index (χ4n) is 1.32. The van der Waals surface area contributed by atoms with Gasteiger partial charge in [0.25, 0.3) is 5.91 Å². The third-order valence-corrected chi connectivity index (χ3v) is 2.98. The highest BCUT2D eigenvalue weighted by molar-refractivity contribution is 7.15. The fraction of sp³-hybridized carbons (Fsp3) is 0.182. The minimum absolute atomic E-state index is 0.198. The SMILES string of the molecule is Cc1nnc(NC(=O)CNC(=O)c2ccc(=O)[nH]c2)s1. The van der Waals surface area contributed by atoms with Crippen LogP contribution in [0.2, 0.25) is 0 Å². The van der Waals surface area contributed by atoms with E-state index in [1.807, 2.05) is 0 Å². The van der Waals surface area contributed by atoms with Crippen molar-refractivity contribution in [2.24, 2.45) is 0 Å². The molecule has 8 nitrogen and oxygen atoms in total. The summed E-state index contributed by atoms with van der Waals surface area (Å²) in [6, 6.07) is 2.61. The molecule has 3 N–H and O–H groups in total. The van der Waals surface area contributed by atoms with E-state index in [0.717, 1.165) is 5.01 Å². The number of hydrogen-bond acceptors (Lipinski definition) is 6. The highest BCUT2D eigenvalue weighted by Crippen LogP contribution is 2.12. The van der Waals surface area contributed by atoms with Crippen molar-refractivity contribution in [3.8, 4) is 0 Å². The van der Waals surface area contributed by atoms with Crippen LogP contribution in [0.1, 0.15) is 15.4 Å². The van der Waals surface area contributed by atoms with Gasteiger partial charge in [-0.3, -0.25) is 19.7 Å². The number of aryl methyl sites for hydroxylation is 1. The van der Waals surface area contributed by atoms with Crippen LogP contribution in [0, 0.1) is 6.92 Å². The summed E-state index contributed by atoms with van der Waals surface area (Å²) in [4.78, 5) is 36.5. The third-order valence-electron chi connectivity index (χ3n) is 2.23. The molecular formula is C11H11N5O3S. The van der Waals surface area contributed by atoms with Gasteiger partial charge in [-0.25, -0.2) is 0 Å². The van der Waals surface area contributed by atoms with Gasteiger partial charge in [0.05, 0.1) is 12.1 Å². The maximum absolute atomic E-state index is 11.7. The molecule has 2 rings (SSSR count). The lowest BCUT2D eigenvalue weighted by Crippen LogP contribution is -2.33. The number of H-pyrrole nitrogens is 1. The van der Waals surface area contributed by atoms with Crippen molar-refractivity contribution in [1.82, 2.24) is 20.5 Å². The Morgan fingerprint density at radius 3 is 2.75 bits per heavy atom. The number of hydrogen-bond donors (Lipinski definition) is 3. The average molecular weight is 293 g/mol. The maximum Gasteiger partial charge on any atom is 0.253 e. The minimum atomic E-state index is -0.454. The first-order chi connectivity index (χ1) is 9.54. The second kappa shape index (κ2) is 6.06. The number of pyridine rings is 1. The molecule has 0 radical (unpaired) electrons. The quantitative estimate of drug-likeness (QED) is 0.728. The van der Waals surface area contributed by atoms with E-state index in [1.54, 1.807) is 6.92 Å². The zero-order valence-electron chi connectivity index (χ0n) is 10.5. The first kappa shape index (κ1) is 13.9. The van der Waals surface area contributed by atoms with E-state index in [1.165, 1.54) is 29.7 Å². The van der Waals surface area contributed by atoms with Gasteiger partial charge in [0.15, 0.2) is 0 Å². The normalized spacial score (nSPS) is 10.1. The molecule has 0 saturated heterocycles. The highest BCUT2D eigenvalue weighted by atomic mass is 32.1. The molecule has 0 unspecified atom stereocenters. The summed E-state index contributed by atoms with van der Waals surface area (Å²) in [6.07, 6.45) is 1.28. The van der Waals surface area contributed by atoms with Crippen LogP contribution in [0.5, 0.6) is 0 Å². The van der Waals surface area contributed by atoms with Crippen LogP contribution >= 0.6 is 11.3 Å². The summed E-state index contributed by atoms with van der Waals surface area (Å²) in [5.74, 6) is -0.858. The number of amides is 2. The molecule has 9 heteroatoms. The Kier molecular flexibility index (Phi) is 4.20. The van der Waals surface area contributed by atoms with Crippen LogP contribution in [-0.2, 0) is 4.79 Å². The average Bonchev–Trinajstić information content (AvgIpc) is 2.82. The Morgan fingerprint density at radius 2 is 2.15 bits per heavy atom. The molecule has 0 saturated carbocycles. The first-order valence-corrected chi connectivity index (χ1v) is 6.43. The summed E-state index contributed by atoms with van der Waals surface area (Å²) in [7, 11) is 0. The van der Waals surface area contributed by atoms with Crippen LogP contribution in [0.25, 0.3) is 0 Å². The summed E-state index contributed by atoms with van der Waals surface area (Å²) in [5.41, 5.74) is -0.0323. The van der Waals surface area contributed by atoms with Crippen LogP contribution in [-0.4, -0.2) is 33.5 Å². The van der Waals surface area contributed by atoms with Crippen LogP contribution < -0.4 is 16.2 Å². The Hall–Kier alpha value is -2.55. The van der Waals surface area contributed by atoms with Crippen molar-refractivity contribution in [2.75, 3.05) is 11.9 Å². The Balaban J connectivity index is 1.85. The van der Waals surface area contributed by atoms with Gasteiger partial charge in [0, 0.05) is 12.3 Å². The zero-order valence-corrected chi connectivity index (χ0v) is 11.3. The van der Waals surface area contributed by atoms with Crippen molar-refractivity contribution in [3.05, 3.63) is 39.3 Å². The second-order valence-corrected chi connectivity index (χ2v) is 4.98. The number of anilines is 1. The number of aromatic nitrogens is 3. The summed E-state index contributed by atoms with van der Waals surface area (Å²) >= 11 is 1.24. The van der Waals surface area contributed by atoms with E-state index in [0.29, 0.717) is 5.13 Å². The number of carbonyl (C=O) groups is 2. The first-order valence-electron chi connectivity index (χ1n) is 5.61. The number of carbonyl (C=O) groups excluding carboxylic acids is 2. The monoisotopic (exact) mass is 293 g/mol. The molecule has 0 aromatic carbocycles. The number of aromatic amines is 1. The van der Waals surface area contributed by atoms with Gasteiger partial charge in [-0.15, -0.1) is 10.2 Å². The minimum Gasteiger partial charge on any atom is -0.343 e. The second-order valence-electron chi connectivity index (χ2n) is 3.80. The van der Waals surface area contributed by atoms with E-state index in [2.05, 4.69) is 25.8 Å². The molecule has 0 bridgehead atoms. The van der Waals surface area contributed by atoms with Crippen LogP contribution in [0.3, 0.4) is 0 Å². The fourth-order valence-corrected chi connectivity index (χ4v) is 1.93. The van der Waals surface area contributed by atoms with Gasteiger partial charge in [-0.05, 0) is 13.0 Å². The molecule has 0 spiro atoms. The smallest absolute Gasteiger partial charge is 0.253 e. The lowest BCUT2D eigenvalue weighted by Gasteiger charge is -2.04. The lowest BCUT2D eigenvalue weighted by molar-refractivity contribution is -0.115. The van der Waals surface area contributed by atoms with Crippen LogP contribution in [0.15, 0.2) is 23.1 Å². The molecule has 0 fully saturated rings. The molecule has 0 aliphatic carbocycles. The summed E-state index contributed by atoms with van der Waals surface area (Å²) in [5, 5.41) is 13.5. The van der Waals surface area contributed by atoms with E-state index >= 15 is 0 Å². The molecule has 0 atom stereocenters. The summed E-state index contributed by atoms with van der Waals surface area (Å²) in [6.45, 7) is 1.57. The topological polar surface area (TPSA) is 117 Å². The lowest BCUT2D eigenvalue weighted by atomic mass is 10.3. The predicted octanol–water partition coefficient (Wildman–Crippen LogP) is -0.0967. The highest BCUT2D eigenvalue weighted by Gasteiger charge is 2.09. The largest absolute Gasteiger partial charge is 0.343 e. The Morgan fingerprint density at radius 1 is 1.35 bits per heavy atom. The molecule has 2 heterocycles. The van der Waals surface area contributed by atoms with Crippen molar-refractivity contribution in [3.63, 3.8) is 0 Å².